The minimum atomic E-state index is -0.796. The summed E-state index contributed by atoms with van der Waals surface area (Å²) in [6.07, 6.45) is 0.124. The van der Waals surface area contributed by atoms with Crippen LogP contribution < -0.4 is 5.32 Å². The van der Waals surface area contributed by atoms with Crippen molar-refractivity contribution in [3.8, 4) is 10.6 Å². The molecule has 0 unspecified atom stereocenters. The predicted octanol–water partition coefficient (Wildman–Crippen LogP) is 5.17. The number of anilines is 2. The molecule has 3 rings (SSSR count). The fourth-order valence-electron chi connectivity index (χ4n) is 2.06. The summed E-state index contributed by atoms with van der Waals surface area (Å²) in [5.74, 6) is -0.281. The normalized spacial score (nSPS) is 10.6. The van der Waals surface area contributed by atoms with Crippen LogP contribution in [-0.2, 0) is 4.79 Å². The Balaban J connectivity index is 1.75. The van der Waals surface area contributed by atoms with Crippen molar-refractivity contribution in [2.45, 2.75) is 11.3 Å². The van der Waals surface area contributed by atoms with E-state index in [0.717, 1.165) is 21.2 Å². The molecule has 2 N–H and O–H groups in total. The molecule has 0 aliphatic carbocycles. The summed E-state index contributed by atoms with van der Waals surface area (Å²) in [5.41, 5.74) is 1.84. The number of nitrogens with zero attached hydrogens (tertiary/aromatic N) is 2. The Morgan fingerprint density at radius 2 is 1.92 bits per heavy atom. The van der Waals surface area contributed by atoms with Crippen LogP contribution in [0.25, 0.3) is 10.6 Å². The maximum atomic E-state index is 10.7. The maximum absolute atomic E-state index is 10.7. The van der Waals surface area contributed by atoms with E-state index in [2.05, 4.69) is 15.5 Å². The molecule has 0 fully saturated rings. The molecule has 0 bridgehead atoms. The summed E-state index contributed by atoms with van der Waals surface area (Å²) in [4.78, 5) is 11.7. The van der Waals surface area contributed by atoms with Crippen molar-refractivity contribution in [2.75, 3.05) is 11.1 Å². The van der Waals surface area contributed by atoms with Crippen LogP contribution in [0.2, 0.25) is 5.02 Å². The topological polar surface area (TPSA) is 75.1 Å². The van der Waals surface area contributed by atoms with Gasteiger partial charge < -0.3 is 10.4 Å². The molecule has 1 heterocycles. The second kappa shape index (κ2) is 8.33. The van der Waals surface area contributed by atoms with Crippen molar-refractivity contribution in [1.82, 2.24) is 10.2 Å². The number of hydrogen-bond donors (Lipinski definition) is 2. The van der Waals surface area contributed by atoms with Gasteiger partial charge in [-0.25, -0.2) is 0 Å². The van der Waals surface area contributed by atoms with E-state index in [1.165, 1.54) is 23.1 Å². The number of carboxylic acids is 1. The number of rotatable bonds is 7. The molecule has 0 amide bonds. The lowest BCUT2D eigenvalue weighted by atomic mass is 10.2. The maximum Gasteiger partial charge on any atom is 0.304 e. The van der Waals surface area contributed by atoms with Gasteiger partial charge in [0.15, 0.2) is 5.01 Å². The van der Waals surface area contributed by atoms with Gasteiger partial charge in [0.25, 0.3) is 0 Å². The summed E-state index contributed by atoms with van der Waals surface area (Å²) in [6, 6.07) is 15.2. The lowest BCUT2D eigenvalue weighted by molar-refractivity contribution is -0.136. The molecule has 3 aromatic rings. The summed E-state index contributed by atoms with van der Waals surface area (Å²) >= 11 is 8.84. The molecule has 2 aromatic carbocycles. The first-order valence-corrected chi connectivity index (χ1v) is 9.60. The first kappa shape index (κ1) is 17.7. The predicted molar refractivity (Wildman–Crippen MR) is 103 cm³/mol. The highest BCUT2D eigenvalue weighted by atomic mass is 35.5. The van der Waals surface area contributed by atoms with Crippen LogP contribution in [0.15, 0.2) is 53.4 Å². The van der Waals surface area contributed by atoms with Crippen LogP contribution in [0.1, 0.15) is 6.42 Å². The molecule has 0 saturated heterocycles. The zero-order valence-corrected chi connectivity index (χ0v) is 15.4. The number of benzene rings is 2. The van der Waals surface area contributed by atoms with Crippen LogP contribution in [0.4, 0.5) is 10.8 Å². The van der Waals surface area contributed by atoms with Crippen molar-refractivity contribution < 1.29 is 9.90 Å². The number of aromatic nitrogens is 2. The first-order chi connectivity index (χ1) is 12.1. The van der Waals surface area contributed by atoms with Crippen molar-refractivity contribution in [3.63, 3.8) is 0 Å². The second-order valence-corrected chi connectivity index (χ2v) is 7.58. The molecule has 25 heavy (non-hydrogen) atoms. The van der Waals surface area contributed by atoms with Gasteiger partial charge in [-0.05, 0) is 30.3 Å². The third kappa shape index (κ3) is 4.94. The van der Waals surface area contributed by atoms with Crippen molar-refractivity contribution >= 4 is 51.5 Å². The van der Waals surface area contributed by atoms with E-state index in [9.17, 15) is 4.79 Å². The molecule has 8 heteroatoms. The third-order valence-corrected chi connectivity index (χ3v) is 5.41. The Morgan fingerprint density at radius 3 is 2.68 bits per heavy atom. The van der Waals surface area contributed by atoms with Crippen LogP contribution in [0.3, 0.4) is 0 Å². The fourth-order valence-corrected chi connectivity index (χ4v) is 4.04. The molecule has 0 spiro atoms. The van der Waals surface area contributed by atoms with Crippen LogP contribution >= 0.6 is 34.7 Å². The standard InChI is InChI=1S/C17H14ClN3O2S2/c18-11-5-7-12(8-6-11)19-17-21-20-16(25-17)13-3-1-2-4-14(13)24-10-9-15(22)23/h1-8H,9-10H2,(H,19,21)(H,22,23). The Bertz CT molecular complexity index is 868. The highest BCUT2D eigenvalue weighted by Gasteiger charge is 2.12. The Labute approximate surface area is 158 Å². The molecule has 0 atom stereocenters. The molecular weight excluding hydrogens is 378 g/mol. The van der Waals surface area contributed by atoms with E-state index in [1.807, 2.05) is 36.4 Å². The highest BCUT2D eigenvalue weighted by molar-refractivity contribution is 7.99. The number of nitrogens with one attached hydrogen (secondary N) is 1. The van der Waals surface area contributed by atoms with Gasteiger partial charge in [0.2, 0.25) is 5.13 Å². The van der Waals surface area contributed by atoms with Gasteiger partial charge in [-0.15, -0.1) is 22.0 Å². The minimum Gasteiger partial charge on any atom is -0.481 e. The van der Waals surface area contributed by atoms with Gasteiger partial charge in [-0.1, -0.05) is 41.1 Å². The number of halogens is 1. The summed E-state index contributed by atoms with van der Waals surface area (Å²) < 4.78 is 0. The average Bonchev–Trinajstić information content (AvgIpc) is 3.05. The molecule has 0 aliphatic heterocycles. The molecule has 0 saturated carbocycles. The summed E-state index contributed by atoms with van der Waals surface area (Å²) in [6.45, 7) is 0. The lowest BCUT2D eigenvalue weighted by Gasteiger charge is -2.05. The lowest BCUT2D eigenvalue weighted by Crippen LogP contribution is -1.96. The number of hydrogen-bond acceptors (Lipinski definition) is 6. The minimum absolute atomic E-state index is 0.124. The van der Waals surface area contributed by atoms with E-state index >= 15 is 0 Å². The molecular formula is C17H14ClN3O2S2. The smallest absolute Gasteiger partial charge is 0.304 e. The quantitative estimate of drug-likeness (QED) is 0.541. The van der Waals surface area contributed by atoms with E-state index < -0.39 is 5.97 Å². The zero-order valence-electron chi connectivity index (χ0n) is 13.0. The van der Waals surface area contributed by atoms with Crippen molar-refractivity contribution in [3.05, 3.63) is 53.6 Å². The van der Waals surface area contributed by atoms with Crippen molar-refractivity contribution in [1.29, 1.82) is 0 Å². The molecule has 5 nitrogen and oxygen atoms in total. The first-order valence-electron chi connectivity index (χ1n) is 7.42. The van der Waals surface area contributed by atoms with E-state index in [-0.39, 0.29) is 6.42 Å². The van der Waals surface area contributed by atoms with Crippen LogP contribution in [-0.4, -0.2) is 27.0 Å². The number of thioether (sulfide) groups is 1. The van der Waals surface area contributed by atoms with Crippen LogP contribution in [0.5, 0.6) is 0 Å². The summed E-state index contributed by atoms with van der Waals surface area (Å²) in [7, 11) is 0. The SMILES string of the molecule is O=C(O)CCSc1ccccc1-c1nnc(Nc2ccc(Cl)cc2)s1. The monoisotopic (exact) mass is 391 g/mol. The van der Waals surface area contributed by atoms with Gasteiger partial charge in [-0.3, -0.25) is 4.79 Å². The molecule has 0 aliphatic rings. The van der Waals surface area contributed by atoms with Gasteiger partial charge in [0.05, 0.1) is 6.42 Å². The third-order valence-electron chi connectivity index (χ3n) is 3.21. The Morgan fingerprint density at radius 1 is 1.16 bits per heavy atom. The number of carboxylic acid groups (broad SMARTS) is 1. The average molecular weight is 392 g/mol. The Kier molecular flexibility index (Phi) is 5.91. The van der Waals surface area contributed by atoms with Crippen LogP contribution in [0, 0.1) is 0 Å². The second-order valence-electron chi connectivity index (χ2n) is 5.03. The fraction of sp³-hybridized carbons (Fsp3) is 0.118. The van der Waals surface area contributed by atoms with Gasteiger partial charge in [0.1, 0.15) is 0 Å². The largest absolute Gasteiger partial charge is 0.481 e. The van der Waals surface area contributed by atoms with E-state index in [0.29, 0.717) is 15.9 Å². The van der Waals surface area contributed by atoms with Gasteiger partial charge in [-0.2, -0.15) is 0 Å². The highest BCUT2D eigenvalue weighted by Crippen LogP contribution is 2.35. The van der Waals surface area contributed by atoms with Gasteiger partial charge >= 0.3 is 5.97 Å². The number of aliphatic carboxylic acids is 1. The zero-order chi connectivity index (χ0) is 17.6. The van der Waals surface area contributed by atoms with Gasteiger partial charge in [0, 0.05) is 26.9 Å². The van der Waals surface area contributed by atoms with Crippen molar-refractivity contribution in [2.24, 2.45) is 0 Å². The molecule has 1 aromatic heterocycles. The molecule has 128 valence electrons. The number of carbonyl (C=O) groups is 1. The van der Waals surface area contributed by atoms with E-state index in [4.69, 9.17) is 16.7 Å². The van der Waals surface area contributed by atoms with E-state index in [1.54, 1.807) is 12.1 Å². The summed E-state index contributed by atoms with van der Waals surface area (Å²) in [5, 5.41) is 22.6. The Hall–Kier alpha value is -2.09. The molecule has 0 radical (unpaired) electrons.